The van der Waals surface area contributed by atoms with Crippen LogP contribution in [0.4, 0.5) is 4.39 Å². The summed E-state index contributed by atoms with van der Waals surface area (Å²) >= 11 is 0. The first-order chi connectivity index (χ1) is 13.2. The molecule has 0 amide bonds. The number of allylic oxidation sites excluding steroid dienone is 4. The molecule has 152 valence electrons. The molecule has 4 aliphatic carbocycles. The smallest absolute Gasteiger partial charge is 0.190 e. The van der Waals surface area contributed by atoms with E-state index in [1.165, 1.54) is 12.2 Å². The van der Waals surface area contributed by atoms with Gasteiger partial charge in [-0.05, 0) is 56.6 Å². The van der Waals surface area contributed by atoms with Gasteiger partial charge < -0.3 is 14.9 Å². The molecule has 1 aliphatic heterocycles. The number of hydrogen-bond acceptors (Lipinski definition) is 5. The van der Waals surface area contributed by atoms with Gasteiger partial charge in [0.1, 0.15) is 12.2 Å². The molecule has 0 aromatic carbocycles. The Morgan fingerprint density at radius 1 is 1.39 bits per heavy atom. The van der Waals surface area contributed by atoms with Crippen LogP contribution in [-0.2, 0) is 14.3 Å². The minimum atomic E-state index is -1.89. The number of Topliss-reactive ketones (excluding diaryl/α,β-unsaturated/α-hetero) is 1. The molecule has 1 spiro atoms. The summed E-state index contributed by atoms with van der Waals surface area (Å²) in [6.45, 7) is 3.45. The van der Waals surface area contributed by atoms with E-state index in [9.17, 15) is 19.8 Å². The summed E-state index contributed by atoms with van der Waals surface area (Å²) in [7, 11) is 0. The van der Waals surface area contributed by atoms with Gasteiger partial charge in [0.25, 0.3) is 0 Å². The fourth-order valence-electron chi connectivity index (χ4n) is 7.78. The summed E-state index contributed by atoms with van der Waals surface area (Å²) in [5, 5.41) is 20.8. The van der Waals surface area contributed by atoms with E-state index < -0.39 is 40.7 Å². The minimum absolute atomic E-state index is 0.0930. The van der Waals surface area contributed by atoms with Crippen LogP contribution in [0, 0.1) is 28.6 Å². The fourth-order valence-corrected chi connectivity index (χ4v) is 7.78. The summed E-state index contributed by atoms with van der Waals surface area (Å²) in [6, 6.07) is 0. The van der Waals surface area contributed by atoms with E-state index in [1.54, 1.807) is 13.0 Å². The lowest BCUT2D eigenvalue weighted by Gasteiger charge is -2.67. The zero-order valence-electron chi connectivity index (χ0n) is 16.3. The molecule has 1 unspecified atom stereocenters. The first kappa shape index (κ1) is 18.6. The van der Waals surface area contributed by atoms with Crippen molar-refractivity contribution in [1.82, 2.24) is 0 Å². The van der Waals surface area contributed by atoms with Gasteiger partial charge in [-0.2, -0.15) is 0 Å². The molecule has 1 saturated heterocycles. The fraction of sp³-hybridized carbons (Fsp3) is 0.727. The van der Waals surface area contributed by atoms with E-state index in [-0.39, 0.29) is 29.8 Å². The molecule has 1 heterocycles. The summed E-state index contributed by atoms with van der Waals surface area (Å²) in [5.41, 5.74) is -3.88. The molecule has 0 aromatic rings. The van der Waals surface area contributed by atoms with Crippen LogP contribution in [0.1, 0.15) is 39.5 Å². The second-order valence-electron chi connectivity index (χ2n) is 9.75. The van der Waals surface area contributed by atoms with Crippen LogP contribution in [0.2, 0.25) is 0 Å². The Kier molecular flexibility index (Phi) is 3.60. The van der Waals surface area contributed by atoms with E-state index in [0.717, 1.165) is 5.57 Å². The van der Waals surface area contributed by atoms with Gasteiger partial charge in [0, 0.05) is 16.7 Å². The Morgan fingerprint density at radius 3 is 2.79 bits per heavy atom. The molecule has 4 fully saturated rings. The lowest BCUT2D eigenvalue weighted by molar-refractivity contribution is -0.309. The third kappa shape index (κ3) is 1.71. The maximum absolute atomic E-state index is 16.9. The van der Waals surface area contributed by atoms with Gasteiger partial charge >= 0.3 is 0 Å². The van der Waals surface area contributed by atoms with E-state index in [1.807, 2.05) is 6.92 Å². The zero-order valence-corrected chi connectivity index (χ0v) is 16.3. The summed E-state index contributed by atoms with van der Waals surface area (Å²) in [5.74, 6) is -1.13. The number of fused-ring (bicyclic) bond motifs is 4. The minimum Gasteiger partial charge on any atom is -0.390 e. The van der Waals surface area contributed by atoms with Gasteiger partial charge in [-0.1, -0.05) is 18.6 Å². The molecule has 28 heavy (non-hydrogen) atoms. The van der Waals surface area contributed by atoms with Crippen molar-refractivity contribution in [2.75, 3.05) is 13.2 Å². The highest BCUT2D eigenvalue weighted by molar-refractivity contribution is 6.01. The molecule has 8 atom stereocenters. The number of halogens is 1. The van der Waals surface area contributed by atoms with Crippen molar-refractivity contribution < 1.29 is 28.9 Å². The van der Waals surface area contributed by atoms with Crippen LogP contribution in [0.5, 0.6) is 0 Å². The molecule has 3 saturated carbocycles. The van der Waals surface area contributed by atoms with Gasteiger partial charge in [-0.15, -0.1) is 0 Å². The largest absolute Gasteiger partial charge is 0.390 e. The van der Waals surface area contributed by atoms with Crippen molar-refractivity contribution in [2.24, 2.45) is 28.6 Å². The van der Waals surface area contributed by atoms with Crippen molar-refractivity contribution in [3.8, 4) is 0 Å². The number of ether oxygens (including phenoxy) is 1. The SMILES string of the molecule is C[C@@H]1CC2[C@@H]3CCC4=CC(=O)C=C[C@]4(C)[C@@]3(F)[C@@H](O)C[C@@]23CO[C@]13C(=O)CO. The number of carbonyl (C=O) groups excluding carboxylic acids is 2. The number of rotatable bonds is 2. The van der Waals surface area contributed by atoms with Gasteiger partial charge in [-0.25, -0.2) is 4.39 Å². The molecule has 5 rings (SSSR count). The Morgan fingerprint density at radius 2 is 2.14 bits per heavy atom. The van der Waals surface area contributed by atoms with Crippen LogP contribution in [0.15, 0.2) is 23.8 Å². The molecule has 2 N–H and O–H groups in total. The highest BCUT2D eigenvalue weighted by atomic mass is 19.1. The van der Waals surface area contributed by atoms with Crippen molar-refractivity contribution in [3.05, 3.63) is 23.8 Å². The highest BCUT2D eigenvalue weighted by Gasteiger charge is 2.81. The average molecular weight is 390 g/mol. The predicted molar refractivity (Wildman–Crippen MR) is 98.0 cm³/mol. The van der Waals surface area contributed by atoms with Gasteiger partial charge in [0.2, 0.25) is 0 Å². The van der Waals surface area contributed by atoms with Crippen molar-refractivity contribution in [1.29, 1.82) is 0 Å². The Labute approximate surface area is 163 Å². The number of hydrogen-bond donors (Lipinski definition) is 2. The predicted octanol–water partition coefficient (Wildman–Crippen LogP) is 1.91. The summed E-state index contributed by atoms with van der Waals surface area (Å²) in [6.07, 6.45) is 5.25. The maximum Gasteiger partial charge on any atom is 0.190 e. The van der Waals surface area contributed by atoms with E-state index >= 15 is 4.39 Å². The van der Waals surface area contributed by atoms with Gasteiger partial charge in [0.05, 0.1) is 12.7 Å². The molecule has 5 aliphatic rings. The molecule has 0 bridgehead atoms. The van der Waals surface area contributed by atoms with Crippen LogP contribution in [-0.4, -0.2) is 52.4 Å². The summed E-state index contributed by atoms with van der Waals surface area (Å²) < 4.78 is 22.8. The third-order valence-electron chi connectivity index (χ3n) is 9.02. The molecule has 0 aromatic heterocycles. The zero-order chi connectivity index (χ0) is 20.1. The van der Waals surface area contributed by atoms with Gasteiger partial charge in [0.15, 0.2) is 17.2 Å². The van der Waals surface area contributed by atoms with Crippen molar-refractivity contribution in [2.45, 2.75) is 56.9 Å². The van der Waals surface area contributed by atoms with E-state index in [4.69, 9.17) is 4.74 Å². The molecule has 6 heteroatoms. The van der Waals surface area contributed by atoms with Crippen LogP contribution < -0.4 is 0 Å². The van der Waals surface area contributed by atoms with Crippen LogP contribution in [0.3, 0.4) is 0 Å². The van der Waals surface area contributed by atoms with Gasteiger partial charge in [-0.3, -0.25) is 9.59 Å². The van der Waals surface area contributed by atoms with Crippen molar-refractivity contribution >= 4 is 11.6 Å². The molecular formula is C22H27FO5. The van der Waals surface area contributed by atoms with Crippen LogP contribution in [0.25, 0.3) is 0 Å². The highest BCUT2D eigenvalue weighted by Crippen LogP contribution is 2.74. The quantitative estimate of drug-likeness (QED) is 0.753. The van der Waals surface area contributed by atoms with E-state index in [0.29, 0.717) is 25.9 Å². The molecule has 0 radical (unpaired) electrons. The lowest BCUT2D eigenvalue weighted by Crippen LogP contribution is -2.76. The monoisotopic (exact) mass is 390 g/mol. The topological polar surface area (TPSA) is 83.8 Å². The van der Waals surface area contributed by atoms with Crippen LogP contribution >= 0.6 is 0 Å². The number of carbonyl (C=O) groups is 2. The summed E-state index contributed by atoms with van der Waals surface area (Å²) in [4.78, 5) is 24.6. The molecular weight excluding hydrogens is 363 g/mol. The lowest BCUT2D eigenvalue weighted by atomic mass is 9.43. The van der Waals surface area contributed by atoms with E-state index in [2.05, 4.69) is 0 Å². The number of ketones is 2. The van der Waals surface area contributed by atoms with Crippen molar-refractivity contribution in [3.63, 3.8) is 0 Å². The third-order valence-corrected chi connectivity index (χ3v) is 9.02. The Bertz CT molecular complexity index is 835. The first-order valence-corrected chi connectivity index (χ1v) is 10.3. The second-order valence-corrected chi connectivity index (χ2v) is 9.75. The number of aliphatic hydroxyl groups is 2. The Hall–Kier alpha value is -1.37. The first-order valence-electron chi connectivity index (χ1n) is 10.3. The maximum atomic E-state index is 16.9. The Balaban J connectivity index is 1.63. The normalized spacial score (nSPS) is 54.0. The average Bonchev–Trinajstić information content (AvgIpc) is 2.80. The molecule has 5 nitrogen and oxygen atoms in total. The number of alkyl halides is 1. The number of aliphatic hydroxyl groups excluding tert-OH is 2. The second kappa shape index (κ2) is 5.41. The standard InChI is InChI=1S/C22H27FO5/c1-12-7-16-15-4-3-13-8-14(25)5-6-19(13,2)21(15,23)17(26)9-20(16)11-28-22(12,20)18(27)10-24/h5-6,8,12,15-17,24,26H,3-4,7,9-11H2,1-2H3/t12-,15+,16?,17+,19+,20-,21+,22+/m1/s1.